The maximum Gasteiger partial charge on any atom is 0.412 e. The van der Waals surface area contributed by atoms with Crippen LogP contribution in [0.1, 0.15) is 49.6 Å². The predicted molar refractivity (Wildman–Crippen MR) is 149 cm³/mol. The molecule has 1 aliphatic heterocycles. The van der Waals surface area contributed by atoms with Crippen molar-refractivity contribution in [2.24, 2.45) is 0 Å². The molecule has 1 aliphatic rings. The van der Waals surface area contributed by atoms with Gasteiger partial charge in [0.2, 0.25) is 0 Å². The third-order valence-corrected chi connectivity index (χ3v) is 8.10. The molecule has 2 aromatic heterocycles. The number of anilines is 1. The number of aliphatic hydroxyl groups excluding tert-OH is 1. The van der Waals surface area contributed by atoms with Crippen LogP contribution in [0.4, 0.5) is 10.5 Å². The fraction of sp³-hybridized carbons (Fsp3) is 0.379. The first-order valence-electron chi connectivity index (χ1n) is 12.9. The molecule has 0 spiro atoms. The summed E-state index contributed by atoms with van der Waals surface area (Å²) in [5, 5.41) is 16.6. The molecule has 2 aromatic carbocycles. The SMILES string of the molecule is CCn1cc(NC(=O)O[C@H](C)c2ccc(C)cc2)c2cc(-c3nc(CN4CCC[C@H]4CO)cs3)ccc21. The van der Waals surface area contributed by atoms with E-state index in [2.05, 4.69) is 45.3 Å². The first-order chi connectivity index (χ1) is 17.9. The molecule has 8 heteroatoms. The van der Waals surface area contributed by atoms with Gasteiger partial charge in [0, 0.05) is 41.7 Å². The second-order valence-electron chi connectivity index (χ2n) is 9.74. The number of hydrogen-bond acceptors (Lipinski definition) is 6. The van der Waals surface area contributed by atoms with E-state index in [1.165, 1.54) is 5.56 Å². The van der Waals surface area contributed by atoms with Gasteiger partial charge >= 0.3 is 6.09 Å². The summed E-state index contributed by atoms with van der Waals surface area (Å²) in [6.07, 6.45) is 3.29. The first-order valence-corrected chi connectivity index (χ1v) is 13.8. The number of nitrogens with zero attached hydrogens (tertiary/aromatic N) is 3. The predicted octanol–water partition coefficient (Wildman–Crippen LogP) is 6.36. The number of aliphatic hydroxyl groups is 1. The topological polar surface area (TPSA) is 79.6 Å². The quantitative estimate of drug-likeness (QED) is 0.284. The van der Waals surface area contributed by atoms with Crippen molar-refractivity contribution in [3.63, 3.8) is 0 Å². The van der Waals surface area contributed by atoms with Crippen LogP contribution >= 0.6 is 11.3 Å². The zero-order valence-electron chi connectivity index (χ0n) is 21.6. The molecule has 2 N–H and O–H groups in total. The summed E-state index contributed by atoms with van der Waals surface area (Å²) < 4.78 is 7.80. The molecule has 1 amide bonds. The van der Waals surface area contributed by atoms with Crippen molar-refractivity contribution in [2.75, 3.05) is 18.5 Å². The van der Waals surface area contributed by atoms with E-state index in [0.717, 1.165) is 70.9 Å². The number of fused-ring (bicyclic) bond motifs is 1. The largest absolute Gasteiger partial charge is 0.441 e. The fourth-order valence-electron chi connectivity index (χ4n) is 5.03. The molecule has 3 heterocycles. The second-order valence-corrected chi connectivity index (χ2v) is 10.6. The van der Waals surface area contributed by atoms with Gasteiger partial charge in [0.25, 0.3) is 0 Å². The maximum atomic E-state index is 12.8. The number of aryl methyl sites for hydroxylation is 2. The van der Waals surface area contributed by atoms with Gasteiger partial charge in [-0.1, -0.05) is 29.8 Å². The van der Waals surface area contributed by atoms with Gasteiger partial charge < -0.3 is 14.4 Å². The van der Waals surface area contributed by atoms with Crippen molar-refractivity contribution in [2.45, 2.75) is 58.8 Å². The first kappa shape index (κ1) is 25.4. The van der Waals surface area contributed by atoms with E-state index in [-0.39, 0.29) is 18.8 Å². The highest BCUT2D eigenvalue weighted by Gasteiger charge is 2.24. The van der Waals surface area contributed by atoms with Crippen LogP contribution in [0.15, 0.2) is 54.0 Å². The van der Waals surface area contributed by atoms with Crippen LogP contribution in [0.25, 0.3) is 21.5 Å². The number of likely N-dealkylation sites (tertiary alicyclic amines) is 1. The van der Waals surface area contributed by atoms with Gasteiger partial charge in [-0.2, -0.15) is 0 Å². The third kappa shape index (κ3) is 5.56. The monoisotopic (exact) mass is 518 g/mol. The fourth-order valence-corrected chi connectivity index (χ4v) is 5.84. The van der Waals surface area contributed by atoms with Gasteiger partial charge in [-0.05, 0) is 63.9 Å². The molecular weight excluding hydrogens is 484 g/mol. The molecule has 5 rings (SSSR count). The molecule has 1 saturated heterocycles. The van der Waals surface area contributed by atoms with Gasteiger partial charge in [-0.3, -0.25) is 10.2 Å². The molecule has 0 bridgehead atoms. The Morgan fingerprint density at radius 3 is 2.84 bits per heavy atom. The van der Waals surface area contributed by atoms with Crippen LogP contribution in [0.5, 0.6) is 0 Å². The van der Waals surface area contributed by atoms with Crippen LogP contribution in [0.3, 0.4) is 0 Å². The Kier molecular flexibility index (Phi) is 7.60. The minimum absolute atomic E-state index is 0.199. The van der Waals surface area contributed by atoms with E-state index in [4.69, 9.17) is 9.72 Å². The Balaban J connectivity index is 1.34. The Morgan fingerprint density at radius 2 is 2.08 bits per heavy atom. The summed E-state index contributed by atoms with van der Waals surface area (Å²) in [6.45, 7) is 8.74. The van der Waals surface area contributed by atoms with Crippen molar-refractivity contribution >= 4 is 34.0 Å². The number of benzene rings is 2. The maximum absolute atomic E-state index is 12.8. The van der Waals surface area contributed by atoms with Crippen molar-refractivity contribution in [1.29, 1.82) is 0 Å². The van der Waals surface area contributed by atoms with E-state index in [1.807, 2.05) is 44.3 Å². The summed E-state index contributed by atoms with van der Waals surface area (Å²) in [6, 6.07) is 14.5. The number of amides is 1. The van der Waals surface area contributed by atoms with Gasteiger partial charge in [-0.25, -0.2) is 9.78 Å². The van der Waals surface area contributed by atoms with Crippen LogP contribution in [0.2, 0.25) is 0 Å². The molecule has 37 heavy (non-hydrogen) atoms. The molecular formula is C29H34N4O3S. The second kappa shape index (κ2) is 11.0. The number of carbonyl (C=O) groups excluding carboxylic acids is 1. The summed E-state index contributed by atoms with van der Waals surface area (Å²) in [7, 11) is 0. The number of carbonyl (C=O) groups is 1. The molecule has 4 aromatic rings. The highest BCUT2D eigenvalue weighted by molar-refractivity contribution is 7.13. The number of nitrogens with one attached hydrogen (secondary N) is 1. The smallest absolute Gasteiger partial charge is 0.412 e. The zero-order valence-corrected chi connectivity index (χ0v) is 22.4. The summed E-state index contributed by atoms with van der Waals surface area (Å²) in [5.41, 5.74) is 5.94. The Morgan fingerprint density at radius 1 is 1.27 bits per heavy atom. The Bertz CT molecular complexity index is 1380. The Labute approximate surface area is 221 Å². The van der Waals surface area contributed by atoms with E-state index >= 15 is 0 Å². The summed E-state index contributed by atoms with van der Waals surface area (Å²) in [5.74, 6) is 0. The van der Waals surface area contributed by atoms with Gasteiger partial charge in [0.05, 0.1) is 23.5 Å². The highest BCUT2D eigenvalue weighted by atomic mass is 32.1. The summed E-state index contributed by atoms with van der Waals surface area (Å²) >= 11 is 1.62. The lowest BCUT2D eigenvalue weighted by molar-refractivity contribution is 0.121. The van der Waals surface area contributed by atoms with Crippen LogP contribution < -0.4 is 5.32 Å². The zero-order chi connectivity index (χ0) is 25.9. The van der Waals surface area contributed by atoms with Crippen molar-refractivity contribution in [3.8, 4) is 10.6 Å². The normalized spacial score (nSPS) is 16.8. The average Bonchev–Trinajstić information content (AvgIpc) is 3.63. The van der Waals surface area contributed by atoms with E-state index in [0.29, 0.717) is 0 Å². The third-order valence-electron chi connectivity index (χ3n) is 7.16. The average molecular weight is 519 g/mol. The van der Waals surface area contributed by atoms with Gasteiger partial charge in [0.15, 0.2) is 0 Å². The lowest BCUT2D eigenvalue weighted by Gasteiger charge is -2.21. The number of hydrogen-bond donors (Lipinski definition) is 2. The van der Waals surface area contributed by atoms with Crippen LogP contribution in [-0.2, 0) is 17.8 Å². The number of ether oxygens (including phenoxy) is 1. The van der Waals surface area contributed by atoms with E-state index in [9.17, 15) is 9.90 Å². The minimum Gasteiger partial charge on any atom is -0.441 e. The van der Waals surface area contributed by atoms with E-state index in [1.54, 1.807) is 11.3 Å². The van der Waals surface area contributed by atoms with Crippen molar-refractivity contribution < 1.29 is 14.6 Å². The number of aromatic nitrogens is 2. The molecule has 0 unspecified atom stereocenters. The highest BCUT2D eigenvalue weighted by Crippen LogP contribution is 2.33. The van der Waals surface area contributed by atoms with Crippen molar-refractivity contribution in [3.05, 3.63) is 70.9 Å². The molecule has 7 nitrogen and oxygen atoms in total. The van der Waals surface area contributed by atoms with Crippen LogP contribution in [0, 0.1) is 6.92 Å². The van der Waals surface area contributed by atoms with Gasteiger partial charge in [-0.15, -0.1) is 11.3 Å². The summed E-state index contributed by atoms with van der Waals surface area (Å²) in [4.78, 5) is 20.0. The minimum atomic E-state index is -0.478. The molecule has 0 aliphatic carbocycles. The number of thiazole rings is 1. The lowest BCUT2D eigenvalue weighted by atomic mass is 10.1. The molecule has 0 radical (unpaired) electrons. The molecule has 0 saturated carbocycles. The van der Waals surface area contributed by atoms with Crippen molar-refractivity contribution in [1.82, 2.24) is 14.5 Å². The van der Waals surface area contributed by atoms with Gasteiger partial charge in [0.1, 0.15) is 11.1 Å². The van der Waals surface area contributed by atoms with E-state index < -0.39 is 6.09 Å². The molecule has 1 fully saturated rings. The standard InChI is InChI=1S/C29H34N4O3S/c1-4-32-16-26(31-29(35)36-20(3)21-9-7-19(2)8-10-21)25-14-22(11-12-27(25)32)28-30-23(18-37-28)15-33-13-5-6-24(33)17-34/h7-12,14,16,18,20,24,34H,4-6,13,15,17H2,1-3H3,(H,31,35)/t20-,24+/m1/s1. The number of rotatable bonds is 8. The molecule has 194 valence electrons. The lowest BCUT2D eigenvalue weighted by Crippen LogP contribution is -2.31. The Hall–Kier alpha value is -3.20. The molecule has 2 atom stereocenters. The van der Waals surface area contributed by atoms with Crippen LogP contribution in [-0.4, -0.2) is 44.8 Å².